The first-order chi connectivity index (χ1) is 10.1. The largest absolute Gasteiger partial charge is 0.480 e. The van der Waals surface area contributed by atoms with E-state index in [2.05, 4.69) is 43.0 Å². The van der Waals surface area contributed by atoms with Gasteiger partial charge in [0.05, 0.1) is 6.54 Å². The monoisotopic (exact) mass is 290 g/mol. The van der Waals surface area contributed by atoms with Crippen molar-refractivity contribution >= 4 is 5.97 Å². The summed E-state index contributed by atoms with van der Waals surface area (Å²) in [5.41, 5.74) is 2.75. The molecule has 0 spiro atoms. The Balaban J connectivity index is 1.89. The van der Waals surface area contributed by atoms with Crippen molar-refractivity contribution in [1.82, 2.24) is 9.80 Å². The van der Waals surface area contributed by atoms with E-state index < -0.39 is 5.97 Å². The summed E-state index contributed by atoms with van der Waals surface area (Å²) in [7, 11) is 0. The van der Waals surface area contributed by atoms with E-state index in [1.54, 1.807) is 0 Å². The summed E-state index contributed by atoms with van der Waals surface area (Å²) in [5.74, 6) is -0.733. The van der Waals surface area contributed by atoms with E-state index in [0.29, 0.717) is 6.04 Å². The second-order valence-corrected chi connectivity index (χ2v) is 5.87. The molecule has 0 saturated carbocycles. The molecule has 4 nitrogen and oxygen atoms in total. The van der Waals surface area contributed by atoms with Crippen molar-refractivity contribution in [2.45, 2.75) is 32.7 Å². The Kier molecular flexibility index (Phi) is 5.76. The molecule has 1 saturated heterocycles. The van der Waals surface area contributed by atoms with Gasteiger partial charge in [-0.25, -0.2) is 0 Å². The Morgan fingerprint density at radius 3 is 2.33 bits per heavy atom. The van der Waals surface area contributed by atoms with Crippen molar-refractivity contribution in [2.75, 3.05) is 32.7 Å². The molecule has 1 aliphatic rings. The molecule has 1 N–H and O–H groups in total. The number of piperazine rings is 1. The van der Waals surface area contributed by atoms with Crippen molar-refractivity contribution < 1.29 is 9.90 Å². The van der Waals surface area contributed by atoms with Gasteiger partial charge >= 0.3 is 5.97 Å². The highest BCUT2D eigenvalue weighted by atomic mass is 16.4. The van der Waals surface area contributed by atoms with Gasteiger partial charge in [0.2, 0.25) is 0 Å². The number of carbonyl (C=O) groups is 1. The smallest absolute Gasteiger partial charge is 0.317 e. The first kappa shape index (κ1) is 16.0. The molecule has 1 atom stereocenters. The van der Waals surface area contributed by atoms with Gasteiger partial charge in [-0.05, 0) is 24.5 Å². The normalized spacial score (nSPS) is 18.6. The van der Waals surface area contributed by atoms with Crippen molar-refractivity contribution in [1.29, 1.82) is 0 Å². The number of benzene rings is 1. The fourth-order valence-electron chi connectivity index (χ4n) is 2.96. The second kappa shape index (κ2) is 7.57. The zero-order valence-corrected chi connectivity index (χ0v) is 13.1. The van der Waals surface area contributed by atoms with Gasteiger partial charge in [0.15, 0.2) is 0 Å². The zero-order valence-electron chi connectivity index (χ0n) is 13.1. The highest BCUT2D eigenvalue weighted by molar-refractivity contribution is 5.69. The van der Waals surface area contributed by atoms with E-state index in [1.165, 1.54) is 17.5 Å². The molecule has 21 heavy (non-hydrogen) atoms. The summed E-state index contributed by atoms with van der Waals surface area (Å²) in [4.78, 5) is 15.2. The van der Waals surface area contributed by atoms with Crippen LogP contribution in [0.2, 0.25) is 0 Å². The van der Waals surface area contributed by atoms with Crippen LogP contribution in [0.25, 0.3) is 0 Å². The highest BCUT2D eigenvalue weighted by Crippen LogP contribution is 2.22. The maximum absolute atomic E-state index is 10.7. The van der Waals surface area contributed by atoms with Crippen LogP contribution in [0.3, 0.4) is 0 Å². The van der Waals surface area contributed by atoms with E-state index in [1.807, 2.05) is 4.90 Å². The van der Waals surface area contributed by atoms with Gasteiger partial charge in [0, 0.05) is 32.2 Å². The summed E-state index contributed by atoms with van der Waals surface area (Å²) in [6, 6.07) is 9.33. The van der Waals surface area contributed by atoms with E-state index in [9.17, 15) is 4.79 Å². The Morgan fingerprint density at radius 1 is 1.19 bits per heavy atom. The van der Waals surface area contributed by atoms with Crippen molar-refractivity contribution in [3.8, 4) is 0 Å². The van der Waals surface area contributed by atoms with Crippen LogP contribution in [0.15, 0.2) is 24.3 Å². The summed E-state index contributed by atoms with van der Waals surface area (Å²) in [6.07, 6.45) is 2.32. The average Bonchev–Trinajstić information content (AvgIpc) is 2.48. The van der Waals surface area contributed by atoms with Crippen LogP contribution >= 0.6 is 0 Å². The lowest BCUT2D eigenvalue weighted by Crippen LogP contribution is -2.48. The lowest BCUT2D eigenvalue weighted by molar-refractivity contribution is -0.138. The van der Waals surface area contributed by atoms with Crippen LogP contribution in [-0.2, 0) is 11.2 Å². The van der Waals surface area contributed by atoms with Gasteiger partial charge in [-0.3, -0.25) is 14.6 Å². The number of hydrogen-bond acceptors (Lipinski definition) is 3. The minimum absolute atomic E-state index is 0.161. The third-order valence-electron chi connectivity index (χ3n) is 4.31. The number of aliphatic carboxylic acids is 1. The molecule has 0 aromatic heterocycles. The molecule has 4 heteroatoms. The summed E-state index contributed by atoms with van der Waals surface area (Å²) in [5, 5.41) is 8.83. The molecule has 2 rings (SSSR count). The predicted octanol–water partition coefficient (Wildman–Crippen LogP) is 2.40. The van der Waals surface area contributed by atoms with E-state index >= 15 is 0 Å². The molecular weight excluding hydrogens is 264 g/mol. The highest BCUT2D eigenvalue weighted by Gasteiger charge is 2.22. The van der Waals surface area contributed by atoms with Crippen molar-refractivity contribution in [3.63, 3.8) is 0 Å². The molecule has 0 radical (unpaired) electrons. The van der Waals surface area contributed by atoms with Crippen molar-refractivity contribution in [2.24, 2.45) is 0 Å². The van der Waals surface area contributed by atoms with Crippen LogP contribution in [-0.4, -0.2) is 53.6 Å². The first-order valence-electron chi connectivity index (χ1n) is 7.87. The third kappa shape index (κ3) is 4.55. The minimum atomic E-state index is -0.733. The topological polar surface area (TPSA) is 43.8 Å². The molecule has 1 heterocycles. The lowest BCUT2D eigenvalue weighted by atomic mass is 10.0. The maximum atomic E-state index is 10.7. The van der Waals surface area contributed by atoms with E-state index in [-0.39, 0.29) is 6.54 Å². The molecule has 116 valence electrons. The van der Waals surface area contributed by atoms with Gasteiger partial charge in [0.1, 0.15) is 0 Å². The fraction of sp³-hybridized carbons (Fsp3) is 0.588. The number of carboxylic acids is 1. The SMILES string of the molecule is CCCc1ccc(C(C)N2CCN(CC(=O)O)CC2)cc1. The lowest BCUT2D eigenvalue weighted by Gasteiger charge is -2.37. The summed E-state index contributed by atoms with van der Waals surface area (Å²) < 4.78 is 0. The van der Waals surface area contributed by atoms with Crippen LogP contribution in [0.5, 0.6) is 0 Å². The Bertz CT molecular complexity index is 450. The number of nitrogens with zero attached hydrogens (tertiary/aromatic N) is 2. The fourth-order valence-corrected chi connectivity index (χ4v) is 2.96. The zero-order chi connectivity index (χ0) is 15.2. The quantitative estimate of drug-likeness (QED) is 0.874. The van der Waals surface area contributed by atoms with Gasteiger partial charge in [0.25, 0.3) is 0 Å². The molecule has 1 fully saturated rings. The molecule has 1 unspecified atom stereocenters. The van der Waals surface area contributed by atoms with Gasteiger partial charge < -0.3 is 5.11 Å². The number of hydrogen-bond donors (Lipinski definition) is 1. The molecule has 1 aromatic rings. The first-order valence-corrected chi connectivity index (χ1v) is 7.87. The Morgan fingerprint density at radius 2 is 1.81 bits per heavy atom. The van der Waals surface area contributed by atoms with Gasteiger partial charge in [-0.15, -0.1) is 0 Å². The number of carboxylic acid groups (broad SMARTS) is 1. The van der Waals surface area contributed by atoms with Crippen LogP contribution in [0, 0.1) is 0 Å². The van der Waals surface area contributed by atoms with Crippen molar-refractivity contribution in [3.05, 3.63) is 35.4 Å². The van der Waals surface area contributed by atoms with E-state index in [4.69, 9.17) is 5.11 Å². The summed E-state index contributed by atoms with van der Waals surface area (Å²) in [6.45, 7) is 8.15. The third-order valence-corrected chi connectivity index (χ3v) is 4.31. The summed E-state index contributed by atoms with van der Waals surface area (Å²) >= 11 is 0. The second-order valence-electron chi connectivity index (χ2n) is 5.87. The van der Waals surface area contributed by atoms with Crippen LogP contribution < -0.4 is 0 Å². The molecule has 1 aliphatic heterocycles. The maximum Gasteiger partial charge on any atom is 0.317 e. The standard InChI is InChI=1S/C17H26N2O2/c1-3-4-15-5-7-16(8-6-15)14(2)19-11-9-18(10-12-19)13-17(20)21/h5-8,14H,3-4,9-13H2,1-2H3,(H,20,21). The van der Waals surface area contributed by atoms with Gasteiger partial charge in [-0.1, -0.05) is 37.6 Å². The Labute approximate surface area is 127 Å². The van der Waals surface area contributed by atoms with Gasteiger partial charge in [-0.2, -0.15) is 0 Å². The number of rotatable bonds is 6. The number of aryl methyl sites for hydroxylation is 1. The average molecular weight is 290 g/mol. The minimum Gasteiger partial charge on any atom is -0.480 e. The molecule has 1 aromatic carbocycles. The van der Waals surface area contributed by atoms with E-state index in [0.717, 1.165) is 32.6 Å². The molecule has 0 aliphatic carbocycles. The molecular formula is C17H26N2O2. The molecule has 0 bridgehead atoms. The molecule has 0 amide bonds. The Hall–Kier alpha value is -1.39. The van der Waals surface area contributed by atoms with Crippen LogP contribution in [0.4, 0.5) is 0 Å². The predicted molar refractivity (Wildman–Crippen MR) is 84.5 cm³/mol. The van der Waals surface area contributed by atoms with Crippen LogP contribution in [0.1, 0.15) is 37.4 Å².